The molecule has 4 aromatic heterocycles. The van der Waals surface area contributed by atoms with E-state index >= 15 is 0 Å². The highest BCUT2D eigenvalue weighted by molar-refractivity contribution is 7.99. The summed E-state index contributed by atoms with van der Waals surface area (Å²) >= 11 is 3.51. The topological polar surface area (TPSA) is 56.0 Å². The zero-order valence-electron chi connectivity index (χ0n) is 16.5. The predicted octanol–water partition coefficient (Wildman–Crippen LogP) is 5.61. The minimum absolute atomic E-state index is 0.925. The van der Waals surface area contributed by atoms with E-state index in [9.17, 15) is 0 Å². The lowest BCUT2D eigenvalue weighted by Gasteiger charge is -2.19. The van der Waals surface area contributed by atoms with Crippen molar-refractivity contribution in [1.29, 1.82) is 0 Å². The molecule has 0 spiro atoms. The fraction of sp³-hybridized carbons (Fsp3) is 0.524. The number of thioether (sulfide) groups is 1. The Kier molecular flexibility index (Phi) is 4.97. The molecule has 0 aromatic carbocycles. The van der Waals surface area contributed by atoms with Crippen LogP contribution < -0.4 is 0 Å². The van der Waals surface area contributed by atoms with Gasteiger partial charge in [0.25, 0.3) is 0 Å². The summed E-state index contributed by atoms with van der Waals surface area (Å²) in [6.45, 7) is 4.45. The van der Waals surface area contributed by atoms with Crippen LogP contribution in [0, 0.1) is 0 Å². The van der Waals surface area contributed by atoms with Crippen LogP contribution >= 0.6 is 23.1 Å². The summed E-state index contributed by atoms with van der Waals surface area (Å²) in [7, 11) is 0. The van der Waals surface area contributed by atoms with Crippen LogP contribution in [0.5, 0.6) is 0 Å². The van der Waals surface area contributed by atoms with E-state index in [-0.39, 0.29) is 0 Å². The molecule has 0 fully saturated rings. The number of thiophene rings is 1. The zero-order chi connectivity index (χ0) is 19.1. The van der Waals surface area contributed by atoms with Gasteiger partial charge in [0.1, 0.15) is 15.9 Å². The van der Waals surface area contributed by atoms with Crippen LogP contribution in [0.15, 0.2) is 11.5 Å². The molecule has 5 rings (SSSR count). The van der Waals surface area contributed by atoms with Crippen molar-refractivity contribution in [2.24, 2.45) is 0 Å². The Morgan fingerprint density at radius 2 is 1.96 bits per heavy atom. The Morgan fingerprint density at radius 1 is 1.11 bits per heavy atom. The highest BCUT2D eigenvalue weighted by Crippen LogP contribution is 2.40. The van der Waals surface area contributed by atoms with Gasteiger partial charge in [-0.15, -0.1) is 21.5 Å². The second-order valence-corrected chi connectivity index (χ2v) is 9.62. The Labute approximate surface area is 173 Å². The van der Waals surface area contributed by atoms with Crippen LogP contribution in [0.25, 0.3) is 26.1 Å². The van der Waals surface area contributed by atoms with Crippen molar-refractivity contribution in [2.45, 2.75) is 70.4 Å². The minimum atomic E-state index is 0.925. The van der Waals surface area contributed by atoms with Gasteiger partial charge in [-0.25, -0.2) is 9.97 Å². The predicted molar refractivity (Wildman–Crippen MR) is 118 cm³/mol. The van der Waals surface area contributed by atoms with E-state index in [1.165, 1.54) is 47.9 Å². The molecule has 4 aromatic rings. The first-order valence-electron chi connectivity index (χ1n) is 10.4. The Balaban J connectivity index is 1.72. The summed E-state index contributed by atoms with van der Waals surface area (Å²) < 4.78 is 3.18. The van der Waals surface area contributed by atoms with Gasteiger partial charge in [0.15, 0.2) is 10.8 Å². The Hall–Kier alpha value is -1.73. The number of fused-ring (bicyclic) bond motifs is 7. The molecule has 7 heteroatoms. The van der Waals surface area contributed by atoms with Crippen molar-refractivity contribution in [2.75, 3.05) is 5.75 Å². The molecule has 1 aliphatic carbocycles. The Morgan fingerprint density at radius 3 is 2.79 bits per heavy atom. The van der Waals surface area contributed by atoms with Crippen molar-refractivity contribution < 1.29 is 0 Å². The number of pyridine rings is 1. The van der Waals surface area contributed by atoms with Gasteiger partial charge in [0.05, 0.1) is 5.52 Å². The molecule has 0 unspecified atom stereocenters. The zero-order valence-corrected chi connectivity index (χ0v) is 18.1. The SMILES string of the molecule is CCCCSc1nnc2c3sc4nc(CCC)c5c(c4c3ncn12)CCCC5. The van der Waals surface area contributed by atoms with E-state index in [0.717, 1.165) is 57.3 Å². The molecule has 5 nitrogen and oxygen atoms in total. The van der Waals surface area contributed by atoms with Crippen LogP contribution in [0.3, 0.4) is 0 Å². The van der Waals surface area contributed by atoms with Crippen LogP contribution in [-0.4, -0.2) is 30.3 Å². The van der Waals surface area contributed by atoms with Crippen molar-refractivity contribution in [3.63, 3.8) is 0 Å². The Bertz CT molecular complexity index is 1160. The minimum Gasteiger partial charge on any atom is -0.259 e. The summed E-state index contributed by atoms with van der Waals surface area (Å²) in [6.07, 6.45) is 11.4. The summed E-state index contributed by atoms with van der Waals surface area (Å²) in [5, 5.41) is 11.2. The highest BCUT2D eigenvalue weighted by atomic mass is 32.2. The van der Waals surface area contributed by atoms with Crippen molar-refractivity contribution in [3.8, 4) is 0 Å². The molecule has 1 aliphatic rings. The average Bonchev–Trinajstić information content (AvgIpc) is 3.29. The van der Waals surface area contributed by atoms with E-state index in [4.69, 9.17) is 9.97 Å². The summed E-state index contributed by atoms with van der Waals surface area (Å²) in [6, 6.07) is 0. The average molecular weight is 412 g/mol. The first-order valence-corrected chi connectivity index (χ1v) is 12.2. The van der Waals surface area contributed by atoms with Gasteiger partial charge < -0.3 is 0 Å². The molecule has 0 amide bonds. The molecule has 28 heavy (non-hydrogen) atoms. The molecule has 4 heterocycles. The van der Waals surface area contributed by atoms with Crippen molar-refractivity contribution in [1.82, 2.24) is 24.6 Å². The van der Waals surface area contributed by atoms with Gasteiger partial charge in [-0.2, -0.15) is 0 Å². The quantitative estimate of drug-likeness (QED) is 0.305. The number of rotatable bonds is 6. The van der Waals surface area contributed by atoms with E-state index in [1.807, 2.05) is 6.33 Å². The first-order chi connectivity index (χ1) is 13.8. The number of aromatic nitrogens is 5. The van der Waals surface area contributed by atoms with E-state index in [1.54, 1.807) is 23.1 Å². The third kappa shape index (κ3) is 2.90. The molecule has 0 radical (unpaired) electrons. The van der Waals surface area contributed by atoms with Crippen LogP contribution in [0.4, 0.5) is 0 Å². The molecule has 0 saturated heterocycles. The van der Waals surface area contributed by atoms with Crippen LogP contribution in [-0.2, 0) is 19.3 Å². The second kappa shape index (κ2) is 7.59. The molecule has 0 atom stereocenters. The standard InChI is InChI=1S/C21H25N5S2/c1-3-5-11-27-21-25-24-19-18-17(22-12-26(19)21)16-14-10-7-6-9-13(14)15(8-4-2)23-20(16)28-18/h12H,3-11H2,1-2H3. The summed E-state index contributed by atoms with van der Waals surface area (Å²) in [5.74, 6) is 1.07. The lowest BCUT2D eigenvalue weighted by atomic mass is 9.88. The third-order valence-electron chi connectivity index (χ3n) is 5.60. The van der Waals surface area contributed by atoms with E-state index < -0.39 is 0 Å². The molecule has 0 N–H and O–H groups in total. The summed E-state index contributed by atoms with van der Waals surface area (Å²) in [4.78, 5) is 11.1. The van der Waals surface area contributed by atoms with Gasteiger partial charge in [0, 0.05) is 16.8 Å². The molecule has 0 bridgehead atoms. The fourth-order valence-corrected chi connectivity index (χ4v) is 6.37. The number of aryl methyl sites for hydroxylation is 2. The molecular weight excluding hydrogens is 386 g/mol. The van der Waals surface area contributed by atoms with Gasteiger partial charge in [-0.1, -0.05) is 38.5 Å². The molecular formula is C21H25N5S2. The van der Waals surface area contributed by atoms with Crippen LogP contribution in [0.1, 0.15) is 62.8 Å². The molecule has 0 saturated carbocycles. The molecule has 146 valence electrons. The van der Waals surface area contributed by atoms with E-state index in [2.05, 4.69) is 28.4 Å². The van der Waals surface area contributed by atoms with Crippen molar-refractivity contribution >= 4 is 49.2 Å². The monoisotopic (exact) mass is 411 g/mol. The summed E-state index contributed by atoms with van der Waals surface area (Å²) in [5.41, 5.74) is 6.30. The second-order valence-electron chi connectivity index (χ2n) is 7.56. The fourth-order valence-electron chi connectivity index (χ4n) is 4.23. The van der Waals surface area contributed by atoms with Gasteiger partial charge in [0.2, 0.25) is 0 Å². The first kappa shape index (κ1) is 18.3. The lowest BCUT2D eigenvalue weighted by Crippen LogP contribution is -2.09. The van der Waals surface area contributed by atoms with Crippen molar-refractivity contribution in [3.05, 3.63) is 23.1 Å². The lowest BCUT2D eigenvalue weighted by molar-refractivity contribution is 0.675. The normalized spacial score (nSPS) is 14.4. The maximum absolute atomic E-state index is 5.11. The smallest absolute Gasteiger partial charge is 0.196 e. The van der Waals surface area contributed by atoms with Gasteiger partial charge >= 0.3 is 0 Å². The highest BCUT2D eigenvalue weighted by Gasteiger charge is 2.23. The van der Waals surface area contributed by atoms with Gasteiger partial charge in [-0.05, 0) is 49.7 Å². The molecule has 0 aliphatic heterocycles. The number of hydrogen-bond donors (Lipinski definition) is 0. The third-order valence-corrected chi connectivity index (χ3v) is 7.70. The number of hydrogen-bond acceptors (Lipinski definition) is 6. The van der Waals surface area contributed by atoms with E-state index in [0.29, 0.717) is 0 Å². The number of nitrogens with zero attached hydrogens (tertiary/aromatic N) is 5. The maximum Gasteiger partial charge on any atom is 0.196 e. The number of unbranched alkanes of at least 4 members (excludes halogenated alkanes) is 1. The van der Waals surface area contributed by atoms with Crippen LogP contribution in [0.2, 0.25) is 0 Å². The maximum atomic E-state index is 5.11. The van der Waals surface area contributed by atoms with Gasteiger partial charge in [-0.3, -0.25) is 4.40 Å². The largest absolute Gasteiger partial charge is 0.259 e.